The summed E-state index contributed by atoms with van der Waals surface area (Å²) in [6, 6.07) is 5.78. The Bertz CT molecular complexity index is 814. The minimum Gasteiger partial charge on any atom is -0.406 e. The monoisotopic (exact) mass is 397 g/mol. The van der Waals surface area contributed by atoms with E-state index in [4.69, 9.17) is 4.74 Å². The van der Waals surface area contributed by atoms with E-state index >= 15 is 0 Å². The number of rotatable bonds is 6. The summed E-state index contributed by atoms with van der Waals surface area (Å²) < 4.78 is 48.8. The normalized spacial score (nSPS) is 16.6. The number of nitrogens with zero attached hydrogens (tertiary/aromatic N) is 2. The molecule has 2 aromatic rings. The number of ether oxygens (including phenoxy) is 2. The summed E-state index contributed by atoms with van der Waals surface area (Å²) in [4.78, 5) is 12.6. The van der Waals surface area contributed by atoms with Gasteiger partial charge in [-0.1, -0.05) is 12.1 Å². The van der Waals surface area contributed by atoms with E-state index in [0.29, 0.717) is 38.0 Å². The predicted octanol–water partition coefficient (Wildman–Crippen LogP) is 3.07. The van der Waals surface area contributed by atoms with Crippen molar-refractivity contribution in [3.05, 3.63) is 47.8 Å². The van der Waals surface area contributed by atoms with Crippen molar-refractivity contribution in [3.63, 3.8) is 0 Å². The number of hydrogen-bond donors (Lipinski definition) is 1. The van der Waals surface area contributed by atoms with Crippen molar-refractivity contribution in [3.8, 4) is 5.75 Å². The molecule has 0 spiro atoms. The number of aromatic nitrogens is 2. The number of amides is 1. The van der Waals surface area contributed by atoms with E-state index in [1.165, 1.54) is 18.2 Å². The van der Waals surface area contributed by atoms with Crippen LogP contribution in [-0.2, 0) is 28.5 Å². The maximum Gasteiger partial charge on any atom is 0.573 e. The smallest absolute Gasteiger partial charge is 0.406 e. The van der Waals surface area contributed by atoms with E-state index in [9.17, 15) is 18.0 Å². The molecule has 1 aromatic heterocycles. The molecule has 1 aliphatic heterocycles. The van der Waals surface area contributed by atoms with Crippen LogP contribution in [0.5, 0.6) is 5.75 Å². The molecular formula is C19H22F3N3O3. The van der Waals surface area contributed by atoms with Crippen LogP contribution in [0.4, 0.5) is 13.2 Å². The molecule has 28 heavy (non-hydrogen) atoms. The quantitative estimate of drug-likeness (QED) is 0.814. The van der Waals surface area contributed by atoms with Crippen LogP contribution in [-0.4, -0.2) is 35.3 Å². The summed E-state index contributed by atoms with van der Waals surface area (Å²) in [6.07, 6.45) is 0.512. The Morgan fingerprint density at radius 1 is 1.36 bits per heavy atom. The lowest BCUT2D eigenvalue weighted by atomic mass is 9.82. The molecule has 9 heteroatoms. The van der Waals surface area contributed by atoms with Gasteiger partial charge in [-0.2, -0.15) is 5.10 Å². The van der Waals surface area contributed by atoms with E-state index in [1.54, 1.807) is 24.0 Å². The van der Waals surface area contributed by atoms with Gasteiger partial charge in [0.25, 0.3) is 0 Å². The first-order valence-electron chi connectivity index (χ1n) is 8.98. The van der Waals surface area contributed by atoms with Crippen LogP contribution in [0.3, 0.4) is 0 Å². The largest absolute Gasteiger partial charge is 0.573 e. The SMILES string of the molecule is Cn1cc(CCC(=O)NC2(c3cccc(OC(F)(F)F)c3)CCOCC2)cn1. The summed E-state index contributed by atoms with van der Waals surface area (Å²) in [5, 5.41) is 7.11. The van der Waals surface area contributed by atoms with Gasteiger partial charge in [0.2, 0.25) is 5.91 Å². The third-order valence-electron chi connectivity index (χ3n) is 4.74. The fourth-order valence-electron chi connectivity index (χ4n) is 3.38. The van der Waals surface area contributed by atoms with Crippen LogP contribution in [0.25, 0.3) is 0 Å². The summed E-state index contributed by atoms with van der Waals surface area (Å²) in [5.41, 5.74) is 0.737. The summed E-state index contributed by atoms with van der Waals surface area (Å²) in [5.74, 6) is -0.478. The molecule has 0 aliphatic carbocycles. The molecular weight excluding hydrogens is 375 g/mol. The topological polar surface area (TPSA) is 65.4 Å². The fraction of sp³-hybridized carbons (Fsp3) is 0.474. The highest BCUT2D eigenvalue weighted by Crippen LogP contribution is 2.35. The lowest BCUT2D eigenvalue weighted by Crippen LogP contribution is -2.49. The van der Waals surface area contributed by atoms with E-state index in [-0.39, 0.29) is 18.1 Å². The van der Waals surface area contributed by atoms with Crippen molar-refractivity contribution in [2.24, 2.45) is 7.05 Å². The second-order valence-corrected chi connectivity index (χ2v) is 6.84. The molecule has 152 valence electrons. The Balaban J connectivity index is 1.75. The van der Waals surface area contributed by atoms with Crippen LogP contribution in [0.15, 0.2) is 36.7 Å². The van der Waals surface area contributed by atoms with Crippen molar-refractivity contribution < 1.29 is 27.4 Å². The molecule has 6 nitrogen and oxygen atoms in total. The molecule has 3 rings (SSSR count). The van der Waals surface area contributed by atoms with Gasteiger partial charge in [0.1, 0.15) is 5.75 Å². The van der Waals surface area contributed by atoms with Crippen LogP contribution in [0.2, 0.25) is 0 Å². The highest BCUT2D eigenvalue weighted by molar-refractivity contribution is 5.77. The van der Waals surface area contributed by atoms with Gasteiger partial charge in [-0.3, -0.25) is 9.48 Å². The average Bonchev–Trinajstić information content (AvgIpc) is 3.05. The third kappa shape index (κ3) is 5.25. The molecule has 0 bridgehead atoms. The Morgan fingerprint density at radius 3 is 2.75 bits per heavy atom. The molecule has 2 heterocycles. The van der Waals surface area contributed by atoms with Crippen molar-refractivity contribution >= 4 is 5.91 Å². The molecule has 0 atom stereocenters. The Labute approximate surface area is 160 Å². The Kier molecular flexibility index (Phi) is 5.93. The molecule has 1 aliphatic rings. The van der Waals surface area contributed by atoms with E-state index in [1.807, 2.05) is 6.20 Å². The average molecular weight is 397 g/mol. The highest BCUT2D eigenvalue weighted by atomic mass is 19.4. The molecule has 1 amide bonds. The lowest BCUT2D eigenvalue weighted by molar-refractivity contribution is -0.274. The number of alkyl halides is 3. The Morgan fingerprint density at radius 2 is 2.11 bits per heavy atom. The second kappa shape index (κ2) is 8.22. The summed E-state index contributed by atoms with van der Waals surface area (Å²) in [6.45, 7) is 0.820. The number of benzene rings is 1. The molecule has 0 radical (unpaired) electrons. The lowest BCUT2D eigenvalue weighted by Gasteiger charge is -2.38. The minimum atomic E-state index is -4.77. The standard InChI is InChI=1S/C19H22F3N3O3/c1-25-13-14(12-23-25)5-6-17(26)24-18(7-9-27-10-8-18)15-3-2-4-16(11-15)28-19(20,21)22/h2-4,11-13H,5-10H2,1H3,(H,24,26). The van der Waals surface area contributed by atoms with E-state index in [0.717, 1.165) is 5.56 Å². The van der Waals surface area contributed by atoms with Gasteiger partial charge in [-0.15, -0.1) is 13.2 Å². The van der Waals surface area contributed by atoms with Crippen LogP contribution in [0, 0.1) is 0 Å². The fourth-order valence-corrected chi connectivity index (χ4v) is 3.38. The highest BCUT2D eigenvalue weighted by Gasteiger charge is 2.37. The number of carbonyl (C=O) groups is 1. The first-order valence-corrected chi connectivity index (χ1v) is 8.98. The zero-order valence-electron chi connectivity index (χ0n) is 15.5. The van der Waals surface area contributed by atoms with Crippen molar-refractivity contribution in [2.45, 2.75) is 37.6 Å². The third-order valence-corrected chi connectivity index (χ3v) is 4.74. The van der Waals surface area contributed by atoms with Gasteiger partial charge < -0.3 is 14.8 Å². The van der Waals surface area contributed by atoms with Gasteiger partial charge in [0.05, 0.1) is 11.7 Å². The first-order chi connectivity index (χ1) is 13.3. The van der Waals surface area contributed by atoms with Crippen LogP contribution < -0.4 is 10.1 Å². The van der Waals surface area contributed by atoms with Crippen molar-refractivity contribution in [1.29, 1.82) is 0 Å². The second-order valence-electron chi connectivity index (χ2n) is 6.84. The summed E-state index contributed by atoms with van der Waals surface area (Å²) >= 11 is 0. The van der Waals surface area contributed by atoms with Crippen LogP contribution >= 0.6 is 0 Å². The number of hydrogen-bond acceptors (Lipinski definition) is 4. The van der Waals surface area contributed by atoms with Gasteiger partial charge in [-0.05, 0) is 42.5 Å². The maximum atomic E-state index is 12.6. The number of carbonyl (C=O) groups excluding carboxylic acids is 1. The maximum absolute atomic E-state index is 12.6. The number of nitrogens with one attached hydrogen (secondary N) is 1. The molecule has 1 aromatic carbocycles. The summed E-state index contributed by atoms with van der Waals surface area (Å²) in [7, 11) is 1.80. The van der Waals surface area contributed by atoms with Crippen molar-refractivity contribution in [1.82, 2.24) is 15.1 Å². The van der Waals surface area contributed by atoms with Gasteiger partial charge in [0, 0.05) is 32.9 Å². The predicted molar refractivity (Wildman–Crippen MR) is 94.5 cm³/mol. The van der Waals surface area contributed by atoms with E-state index < -0.39 is 11.9 Å². The zero-order chi connectivity index (χ0) is 20.2. The van der Waals surface area contributed by atoms with Gasteiger partial charge in [0.15, 0.2) is 0 Å². The Hall–Kier alpha value is -2.55. The van der Waals surface area contributed by atoms with E-state index in [2.05, 4.69) is 15.2 Å². The molecule has 0 unspecified atom stereocenters. The molecule has 1 N–H and O–H groups in total. The van der Waals surface area contributed by atoms with Crippen molar-refractivity contribution in [2.75, 3.05) is 13.2 Å². The molecule has 1 saturated heterocycles. The first kappa shape index (κ1) is 20.2. The molecule has 0 saturated carbocycles. The van der Waals surface area contributed by atoms with Gasteiger partial charge >= 0.3 is 6.36 Å². The number of halogens is 3. The minimum absolute atomic E-state index is 0.173. The van der Waals surface area contributed by atoms with Gasteiger partial charge in [-0.25, -0.2) is 0 Å². The molecule has 1 fully saturated rings. The number of aryl methyl sites for hydroxylation is 2. The zero-order valence-corrected chi connectivity index (χ0v) is 15.5. The van der Waals surface area contributed by atoms with Crippen LogP contribution in [0.1, 0.15) is 30.4 Å².